The second kappa shape index (κ2) is 5.92. The van der Waals surface area contributed by atoms with Crippen LogP contribution in [0.3, 0.4) is 0 Å². The zero-order valence-electron chi connectivity index (χ0n) is 10.8. The molecule has 4 nitrogen and oxygen atoms in total. The highest BCUT2D eigenvalue weighted by atomic mass is 79.9. The summed E-state index contributed by atoms with van der Waals surface area (Å²) in [6, 6.07) is 4.66. The molecule has 0 saturated carbocycles. The molecule has 2 rings (SSSR count). The highest BCUT2D eigenvalue weighted by Gasteiger charge is 2.31. The van der Waals surface area contributed by atoms with Crippen molar-refractivity contribution in [2.24, 2.45) is 5.92 Å². The SMILES string of the molecule is CC1CCCN(C(=O)c2ccc(Br)c(O)c2)C1CO. The molecule has 19 heavy (non-hydrogen) atoms. The number of phenols is 1. The summed E-state index contributed by atoms with van der Waals surface area (Å²) >= 11 is 3.19. The number of carbonyl (C=O) groups is 1. The van der Waals surface area contributed by atoms with Crippen molar-refractivity contribution in [1.82, 2.24) is 4.90 Å². The Morgan fingerprint density at radius 2 is 2.26 bits per heavy atom. The van der Waals surface area contributed by atoms with Gasteiger partial charge in [-0.25, -0.2) is 0 Å². The van der Waals surface area contributed by atoms with Gasteiger partial charge >= 0.3 is 0 Å². The minimum absolute atomic E-state index is 0.0184. The minimum Gasteiger partial charge on any atom is -0.507 e. The molecular weight excluding hydrogens is 310 g/mol. The first-order chi connectivity index (χ1) is 9.04. The van der Waals surface area contributed by atoms with Gasteiger partial charge in [-0.2, -0.15) is 0 Å². The van der Waals surface area contributed by atoms with Gasteiger partial charge in [0.25, 0.3) is 5.91 Å². The Kier molecular flexibility index (Phi) is 4.47. The first kappa shape index (κ1) is 14.3. The summed E-state index contributed by atoms with van der Waals surface area (Å²) in [6.45, 7) is 2.69. The molecule has 1 saturated heterocycles. The van der Waals surface area contributed by atoms with Crippen LogP contribution in [-0.4, -0.2) is 40.2 Å². The molecule has 2 N–H and O–H groups in total. The summed E-state index contributed by atoms with van der Waals surface area (Å²) < 4.78 is 0.565. The van der Waals surface area contributed by atoms with E-state index in [2.05, 4.69) is 22.9 Å². The van der Waals surface area contributed by atoms with E-state index in [1.54, 1.807) is 17.0 Å². The van der Waals surface area contributed by atoms with Crippen molar-refractivity contribution in [3.05, 3.63) is 28.2 Å². The number of aliphatic hydroxyl groups excluding tert-OH is 1. The third-order valence-corrected chi connectivity index (χ3v) is 4.43. The number of hydrogen-bond donors (Lipinski definition) is 2. The van der Waals surface area contributed by atoms with Gasteiger partial charge in [0.2, 0.25) is 0 Å². The highest BCUT2D eigenvalue weighted by molar-refractivity contribution is 9.10. The van der Waals surface area contributed by atoms with E-state index in [9.17, 15) is 15.0 Å². The number of halogens is 1. The fourth-order valence-corrected chi connectivity index (χ4v) is 2.84. The number of nitrogens with zero attached hydrogens (tertiary/aromatic N) is 1. The maximum absolute atomic E-state index is 12.5. The van der Waals surface area contributed by atoms with Gasteiger partial charge in [-0.15, -0.1) is 0 Å². The van der Waals surface area contributed by atoms with Crippen molar-refractivity contribution in [1.29, 1.82) is 0 Å². The largest absolute Gasteiger partial charge is 0.507 e. The monoisotopic (exact) mass is 327 g/mol. The van der Waals surface area contributed by atoms with E-state index >= 15 is 0 Å². The number of aromatic hydroxyl groups is 1. The van der Waals surface area contributed by atoms with Crippen LogP contribution in [0, 0.1) is 5.92 Å². The topological polar surface area (TPSA) is 60.8 Å². The van der Waals surface area contributed by atoms with Crippen LogP contribution in [0.15, 0.2) is 22.7 Å². The number of piperidine rings is 1. The summed E-state index contributed by atoms with van der Waals surface area (Å²) in [5.74, 6) is 0.219. The minimum atomic E-state index is -0.132. The lowest BCUT2D eigenvalue weighted by Gasteiger charge is -2.39. The molecule has 1 aliphatic heterocycles. The van der Waals surface area contributed by atoms with Gasteiger partial charge in [-0.3, -0.25) is 4.79 Å². The number of likely N-dealkylation sites (tertiary alicyclic amines) is 1. The van der Waals surface area contributed by atoms with Crippen molar-refractivity contribution in [3.63, 3.8) is 0 Å². The summed E-state index contributed by atoms with van der Waals surface area (Å²) in [7, 11) is 0. The third kappa shape index (κ3) is 2.92. The summed E-state index contributed by atoms with van der Waals surface area (Å²) in [5.41, 5.74) is 0.452. The van der Waals surface area contributed by atoms with Crippen LogP contribution in [0.25, 0.3) is 0 Å². The molecule has 104 valence electrons. The number of amides is 1. The van der Waals surface area contributed by atoms with Crippen molar-refractivity contribution in [2.75, 3.05) is 13.2 Å². The van der Waals surface area contributed by atoms with Gasteiger partial charge in [-0.05, 0) is 52.9 Å². The third-order valence-electron chi connectivity index (χ3n) is 3.76. The molecule has 2 unspecified atom stereocenters. The molecule has 5 heteroatoms. The molecule has 1 amide bonds. The van der Waals surface area contributed by atoms with E-state index in [4.69, 9.17) is 0 Å². The van der Waals surface area contributed by atoms with Crippen LogP contribution in [0.4, 0.5) is 0 Å². The molecule has 0 aliphatic carbocycles. The molecule has 2 atom stereocenters. The molecule has 0 spiro atoms. The van der Waals surface area contributed by atoms with Gasteiger partial charge in [0.05, 0.1) is 17.1 Å². The van der Waals surface area contributed by atoms with Gasteiger partial charge in [0, 0.05) is 12.1 Å². The fraction of sp³-hybridized carbons (Fsp3) is 0.500. The van der Waals surface area contributed by atoms with E-state index in [1.165, 1.54) is 6.07 Å². The normalized spacial score (nSPS) is 23.4. The Morgan fingerprint density at radius 1 is 1.53 bits per heavy atom. The molecule has 1 aliphatic rings. The van der Waals surface area contributed by atoms with Gasteiger partial charge in [-0.1, -0.05) is 6.92 Å². The lowest BCUT2D eigenvalue weighted by molar-refractivity contribution is 0.0358. The zero-order chi connectivity index (χ0) is 14.0. The molecule has 1 aromatic carbocycles. The molecule has 1 aromatic rings. The fourth-order valence-electron chi connectivity index (χ4n) is 2.59. The predicted molar refractivity (Wildman–Crippen MR) is 76.1 cm³/mol. The van der Waals surface area contributed by atoms with Crippen LogP contribution in [0.1, 0.15) is 30.1 Å². The summed E-state index contributed by atoms with van der Waals surface area (Å²) in [6.07, 6.45) is 1.98. The van der Waals surface area contributed by atoms with Crippen LogP contribution in [0.5, 0.6) is 5.75 Å². The number of aliphatic hydroxyl groups is 1. The van der Waals surface area contributed by atoms with Crippen LogP contribution in [-0.2, 0) is 0 Å². The number of rotatable bonds is 2. The van der Waals surface area contributed by atoms with E-state index in [-0.39, 0.29) is 24.3 Å². The van der Waals surface area contributed by atoms with Crippen LogP contribution < -0.4 is 0 Å². The predicted octanol–water partition coefficient (Wildman–Crippen LogP) is 2.39. The summed E-state index contributed by atoms with van der Waals surface area (Å²) in [4.78, 5) is 14.2. The zero-order valence-corrected chi connectivity index (χ0v) is 12.4. The quantitative estimate of drug-likeness (QED) is 0.876. The van der Waals surface area contributed by atoms with E-state index in [1.807, 2.05) is 0 Å². The second-order valence-corrected chi connectivity index (χ2v) is 5.89. The Bertz CT molecular complexity index is 478. The first-order valence-corrected chi connectivity index (χ1v) is 7.24. The average Bonchev–Trinajstić information content (AvgIpc) is 2.40. The number of benzene rings is 1. The maximum Gasteiger partial charge on any atom is 0.254 e. The lowest BCUT2D eigenvalue weighted by Crippen LogP contribution is -2.49. The first-order valence-electron chi connectivity index (χ1n) is 6.45. The molecule has 1 fully saturated rings. The summed E-state index contributed by atoms with van der Waals surface area (Å²) in [5, 5.41) is 19.1. The van der Waals surface area contributed by atoms with Crippen molar-refractivity contribution in [2.45, 2.75) is 25.8 Å². The van der Waals surface area contributed by atoms with E-state index in [0.29, 0.717) is 22.5 Å². The maximum atomic E-state index is 12.5. The molecule has 1 heterocycles. The Labute approximate surface area is 121 Å². The second-order valence-electron chi connectivity index (χ2n) is 5.03. The highest BCUT2D eigenvalue weighted by Crippen LogP contribution is 2.28. The lowest BCUT2D eigenvalue weighted by atomic mass is 9.90. The Morgan fingerprint density at radius 3 is 2.89 bits per heavy atom. The molecule has 0 radical (unpaired) electrons. The number of phenolic OH excluding ortho intramolecular Hbond substituents is 1. The Balaban J connectivity index is 2.24. The van der Waals surface area contributed by atoms with Crippen LogP contribution in [0.2, 0.25) is 0 Å². The Hall–Kier alpha value is -1.07. The van der Waals surface area contributed by atoms with Crippen LogP contribution >= 0.6 is 15.9 Å². The van der Waals surface area contributed by atoms with Gasteiger partial charge in [0.15, 0.2) is 0 Å². The molecule has 0 aromatic heterocycles. The average molecular weight is 328 g/mol. The van der Waals surface area contributed by atoms with Crippen molar-refractivity contribution >= 4 is 21.8 Å². The van der Waals surface area contributed by atoms with Gasteiger partial charge in [0.1, 0.15) is 5.75 Å². The smallest absolute Gasteiger partial charge is 0.254 e. The molecular formula is C14H18BrNO3. The molecule has 0 bridgehead atoms. The van der Waals surface area contributed by atoms with Crippen molar-refractivity contribution < 1.29 is 15.0 Å². The van der Waals surface area contributed by atoms with E-state index in [0.717, 1.165) is 12.8 Å². The van der Waals surface area contributed by atoms with Crippen molar-refractivity contribution in [3.8, 4) is 5.75 Å². The van der Waals surface area contributed by atoms with Gasteiger partial charge < -0.3 is 15.1 Å². The van der Waals surface area contributed by atoms with E-state index < -0.39 is 0 Å². The number of carbonyl (C=O) groups excluding carboxylic acids is 1. The number of hydrogen-bond acceptors (Lipinski definition) is 3. The standard InChI is InChI=1S/C14H18BrNO3/c1-9-3-2-6-16(12(9)8-17)14(19)10-4-5-11(15)13(18)7-10/h4-5,7,9,12,17-18H,2-3,6,8H2,1H3.